The van der Waals surface area contributed by atoms with Gasteiger partial charge in [0, 0.05) is 0 Å². The molecule has 1 rings (SSSR count). The highest BCUT2D eigenvalue weighted by Gasteiger charge is 2.20. The first-order chi connectivity index (χ1) is 8.45. The number of aliphatic carboxylic acids is 1. The van der Waals surface area contributed by atoms with E-state index in [-0.39, 0.29) is 11.5 Å². The lowest BCUT2D eigenvalue weighted by Crippen LogP contribution is -2.31. The van der Waals surface area contributed by atoms with Crippen LogP contribution in [0.25, 0.3) is 0 Å². The molecule has 0 saturated heterocycles. The molecule has 1 aromatic rings. The Morgan fingerprint density at radius 2 is 2.22 bits per heavy atom. The minimum absolute atomic E-state index is 0.239. The zero-order chi connectivity index (χ0) is 13.7. The first-order valence-corrected chi connectivity index (χ1v) is 6.01. The molecule has 96 valence electrons. The summed E-state index contributed by atoms with van der Waals surface area (Å²) in [7, 11) is 0. The second kappa shape index (κ2) is 6.27. The Hall–Kier alpha value is -1.73. The Morgan fingerprint density at radius 1 is 1.56 bits per heavy atom. The topological polar surface area (TPSA) is 73.1 Å². The van der Waals surface area contributed by atoms with E-state index in [1.807, 2.05) is 19.9 Å². The minimum Gasteiger partial charge on any atom is -0.480 e. The van der Waals surface area contributed by atoms with Gasteiger partial charge in [-0.05, 0) is 24.5 Å². The van der Waals surface area contributed by atoms with E-state index in [0.717, 1.165) is 0 Å². The SMILES string of the molecule is CC(C)CC(Nc1cccc(Cl)c1C#N)C(=O)O. The lowest BCUT2D eigenvalue weighted by molar-refractivity contribution is -0.138. The van der Waals surface area contributed by atoms with E-state index in [4.69, 9.17) is 22.0 Å². The van der Waals surface area contributed by atoms with Gasteiger partial charge in [0.25, 0.3) is 0 Å². The maximum Gasteiger partial charge on any atom is 0.326 e. The van der Waals surface area contributed by atoms with Crippen molar-refractivity contribution >= 4 is 23.3 Å². The van der Waals surface area contributed by atoms with Crippen molar-refractivity contribution in [3.05, 3.63) is 28.8 Å². The molecule has 2 N–H and O–H groups in total. The summed E-state index contributed by atoms with van der Waals surface area (Å²) in [6, 6.07) is 6.18. The Balaban J connectivity index is 2.98. The summed E-state index contributed by atoms with van der Waals surface area (Å²) in [6.45, 7) is 3.89. The number of benzene rings is 1. The molecule has 1 aromatic carbocycles. The third-order valence-corrected chi connectivity index (χ3v) is 2.78. The second-order valence-electron chi connectivity index (χ2n) is 4.44. The van der Waals surface area contributed by atoms with Gasteiger partial charge in [-0.25, -0.2) is 4.79 Å². The van der Waals surface area contributed by atoms with Gasteiger partial charge >= 0.3 is 5.97 Å². The van der Waals surface area contributed by atoms with Gasteiger partial charge in [-0.1, -0.05) is 31.5 Å². The molecule has 0 fully saturated rings. The standard InChI is InChI=1S/C13H15ClN2O2/c1-8(2)6-12(13(17)18)16-11-5-3-4-10(14)9(11)7-15/h3-5,8,12,16H,6H2,1-2H3,(H,17,18). The van der Waals surface area contributed by atoms with Gasteiger partial charge in [0.2, 0.25) is 0 Å². The van der Waals surface area contributed by atoms with Crippen molar-refractivity contribution in [2.75, 3.05) is 5.32 Å². The third-order valence-electron chi connectivity index (χ3n) is 2.46. The van der Waals surface area contributed by atoms with Crippen molar-refractivity contribution < 1.29 is 9.90 Å². The van der Waals surface area contributed by atoms with Crippen LogP contribution in [0.5, 0.6) is 0 Å². The van der Waals surface area contributed by atoms with Crippen LogP contribution in [-0.4, -0.2) is 17.1 Å². The Morgan fingerprint density at radius 3 is 2.72 bits per heavy atom. The highest BCUT2D eigenvalue weighted by Crippen LogP contribution is 2.24. The largest absolute Gasteiger partial charge is 0.480 e. The lowest BCUT2D eigenvalue weighted by Gasteiger charge is -2.18. The quantitative estimate of drug-likeness (QED) is 0.859. The first kappa shape index (κ1) is 14.3. The number of nitriles is 1. The molecule has 18 heavy (non-hydrogen) atoms. The van der Waals surface area contributed by atoms with Gasteiger partial charge in [0.05, 0.1) is 16.3 Å². The molecule has 0 saturated carbocycles. The number of anilines is 1. The van der Waals surface area contributed by atoms with Crippen LogP contribution in [0.1, 0.15) is 25.8 Å². The molecular formula is C13H15ClN2O2. The van der Waals surface area contributed by atoms with Gasteiger partial charge in [0.15, 0.2) is 0 Å². The summed E-state index contributed by atoms with van der Waals surface area (Å²) in [4.78, 5) is 11.1. The monoisotopic (exact) mass is 266 g/mol. The summed E-state index contributed by atoms with van der Waals surface area (Å²) in [5.74, 6) is -0.698. The smallest absolute Gasteiger partial charge is 0.326 e. The number of carboxylic acid groups (broad SMARTS) is 1. The van der Waals surface area contributed by atoms with E-state index in [9.17, 15) is 4.79 Å². The second-order valence-corrected chi connectivity index (χ2v) is 4.85. The molecule has 0 aliphatic rings. The van der Waals surface area contributed by atoms with Crippen molar-refractivity contribution in [2.24, 2.45) is 5.92 Å². The predicted molar refractivity (Wildman–Crippen MR) is 70.7 cm³/mol. The van der Waals surface area contributed by atoms with Crippen LogP contribution in [-0.2, 0) is 4.79 Å². The van der Waals surface area contributed by atoms with E-state index < -0.39 is 12.0 Å². The fourth-order valence-corrected chi connectivity index (χ4v) is 1.86. The number of hydrogen-bond acceptors (Lipinski definition) is 3. The maximum atomic E-state index is 11.1. The van der Waals surface area contributed by atoms with Crippen LogP contribution in [0, 0.1) is 17.2 Å². The normalized spacial score (nSPS) is 11.9. The molecule has 0 aromatic heterocycles. The van der Waals surface area contributed by atoms with Crippen molar-refractivity contribution in [3.63, 3.8) is 0 Å². The van der Waals surface area contributed by atoms with E-state index in [1.165, 1.54) is 0 Å². The molecule has 0 amide bonds. The molecule has 5 heteroatoms. The van der Waals surface area contributed by atoms with Crippen LogP contribution in [0.2, 0.25) is 5.02 Å². The van der Waals surface area contributed by atoms with Gasteiger partial charge in [-0.3, -0.25) is 0 Å². The molecule has 0 bridgehead atoms. The van der Waals surface area contributed by atoms with E-state index >= 15 is 0 Å². The van der Waals surface area contributed by atoms with E-state index in [2.05, 4.69) is 5.32 Å². The van der Waals surface area contributed by atoms with Crippen LogP contribution >= 0.6 is 11.6 Å². The number of nitrogens with one attached hydrogen (secondary N) is 1. The summed E-state index contributed by atoms with van der Waals surface area (Å²) in [6.07, 6.45) is 0.479. The van der Waals surface area contributed by atoms with Crippen molar-refractivity contribution in [1.82, 2.24) is 0 Å². The van der Waals surface area contributed by atoms with Gasteiger partial charge in [0.1, 0.15) is 12.1 Å². The van der Waals surface area contributed by atoms with Crippen LogP contribution in [0.4, 0.5) is 5.69 Å². The zero-order valence-electron chi connectivity index (χ0n) is 10.3. The molecule has 0 aliphatic carbocycles. The zero-order valence-corrected chi connectivity index (χ0v) is 11.0. The Labute approximate surface area is 111 Å². The first-order valence-electron chi connectivity index (χ1n) is 5.63. The average Bonchev–Trinajstić information content (AvgIpc) is 2.27. The summed E-state index contributed by atoms with van der Waals surface area (Å²) in [5.41, 5.74) is 0.729. The van der Waals surface area contributed by atoms with Crippen LogP contribution in [0.3, 0.4) is 0 Å². The summed E-state index contributed by atoms with van der Waals surface area (Å²) >= 11 is 5.89. The molecule has 0 aliphatic heterocycles. The molecule has 1 atom stereocenters. The Kier molecular flexibility index (Phi) is 4.99. The number of nitrogens with zero attached hydrogens (tertiary/aromatic N) is 1. The fourth-order valence-electron chi connectivity index (χ4n) is 1.64. The fraction of sp³-hybridized carbons (Fsp3) is 0.385. The van der Waals surface area contributed by atoms with Gasteiger partial charge in [-0.2, -0.15) is 5.26 Å². The highest BCUT2D eigenvalue weighted by atomic mass is 35.5. The van der Waals surface area contributed by atoms with Gasteiger partial charge < -0.3 is 10.4 Å². The van der Waals surface area contributed by atoms with Crippen molar-refractivity contribution in [1.29, 1.82) is 5.26 Å². The molecule has 0 heterocycles. The molecule has 0 spiro atoms. The predicted octanol–water partition coefficient (Wildman–Crippen LogP) is 3.12. The number of carbonyl (C=O) groups is 1. The minimum atomic E-state index is -0.937. The summed E-state index contributed by atoms with van der Waals surface area (Å²) < 4.78 is 0. The van der Waals surface area contributed by atoms with E-state index in [0.29, 0.717) is 17.1 Å². The van der Waals surface area contributed by atoms with Crippen LogP contribution < -0.4 is 5.32 Å². The van der Waals surface area contributed by atoms with Crippen molar-refractivity contribution in [3.8, 4) is 6.07 Å². The van der Waals surface area contributed by atoms with Crippen LogP contribution in [0.15, 0.2) is 18.2 Å². The number of carboxylic acids is 1. The number of halogens is 1. The average molecular weight is 267 g/mol. The van der Waals surface area contributed by atoms with Crippen molar-refractivity contribution in [2.45, 2.75) is 26.3 Å². The Bertz CT molecular complexity index is 480. The number of hydrogen-bond donors (Lipinski definition) is 2. The third kappa shape index (κ3) is 3.64. The summed E-state index contributed by atoms with van der Waals surface area (Å²) in [5, 5.41) is 21.3. The molecular weight excluding hydrogens is 252 g/mol. The molecule has 0 radical (unpaired) electrons. The molecule has 4 nitrogen and oxygen atoms in total. The molecule has 1 unspecified atom stereocenters. The highest BCUT2D eigenvalue weighted by molar-refractivity contribution is 6.32. The lowest BCUT2D eigenvalue weighted by atomic mass is 10.0. The number of rotatable bonds is 5. The van der Waals surface area contributed by atoms with Gasteiger partial charge in [-0.15, -0.1) is 0 Å². The maximum absolute atomic E-state index is 11.1. The van der Waals surface area contributed by atoms with E-state index in [1.54, 1.807) is 18.2 Å².